The summed E-state index contributed by atoms with van der Waals surface area (Å²) in [6.45, 7) is 8.30. The van der Waals surface area contributed by atoms with Crippen LogP contribution in [0.25, 0.3) is 0 Å². The van der Waals surface area contributed by atoms with Crippen LogP contribution in [-0.4, -0.2) is 30.3 Å². The standard InChI is InChI=1S/C14H25N3O2/c1-5-13(8-9-15-10-13)12-16-11(17-19-12)14(6-2,7-3)18-4/h15H,5-10H2,1-4H3. The Labute approximate surface area is 115 Å². The summed E-state index contributed by atoms with van der Waals surface area (Å²) >= 11 is 0. The van der Waals surface area contributed by atoms with Gasteiger partial charge in [0.2, 0.25) is 11.7 Å². The molecule has 0 aliphatic carbocycles. The summed E-state index contributed by atoms with van der Waals surface area (Å²) in [6, 6.07) is 0. The molecule has 1 N–H and O–H groups in total. The number of hydrogen-bond acceptors (Lipinski definition) is 5. The third-order valence-electron chi connectivity index (χ3n) is 4.74. The first-order chi connectivity index (χ1) is 9.16. The Morgan fingerprint density at radius 1 is 1.37 bits per heavy atom. The topological polar surface area (TPSA) is 60.2 Å². The molecule has 1 aliphatic heterocycles. The van der Waals surface area contributed by atoms with Crippen molar-refractivity contribution >= 4 is 0 Å². The Hall–Kier alpha value is -0.940. The maximum absolute atomic E-state index is 5.66. The van der Waals surface area contributed by atoms with Crippen molar-refractivity contribution in [1.29, 1.82) is 0 Å². The van der Waals surface area contributed by atoms with Crippen LogP contribution in [0.15, 0.2) is 4.52 Å². The molecule has 5 heteroatoms. The molecule has 1 aromatic heterocycles. The van der Waals surface area contributed by atoms with Crippen molar-refractivity contribution in [2.24, 2.45) is 0 Å². The largest absolute Gasteiger partial charge is 0.370 e. The highest BCUT2D eigenvalue weighted by molar-refractivity contribution is 5.12. The Kier molecular flexibility index (Phi) is 4.26. The molecule has 108 valence electrons. The fraction of sp³-hybridized carbons (Fsp3) is 0.857. The van der Waals surface area contributed by atoms with E-state index in [0.717, 1.165) is 44.7 Å². The summed E-state index contributed by atoms with van der Waals surface area (Å²) in [6.07, 6.45) is 3.76. The van der Waals surface area contributed by atoms with E-state index >= 15 is 0 Å². The molecule has 2 rings (SSSR count). The van der Waals surface area contributed by atoms with Crippen molar-refractivity contribution in [3.05, 3.63) is 11.7 Å². The van der Waals surface area contributed by atoms with Crippen LogP contribution >= 0.6 is 0 Å². The van der Waals surface area contributed by atoms with Gasteiger partial charge in [0.25, 0.3) is 0 Å². The second kappa shape index (κ2) is 5.59. The molecule has 0 radical (unpaired) electrons. The van der Waals surface area contributed by atoms with Crippen molar-refractivity contribution in [1.82, 2.24) is 15.5 Å². The lowest BCUT2D eigenvalue weighted by molar-refractivity contribution is -0.0306. The number of nitrogens with one attached hydrogen (secondary N) is 1. The third-order valence-corrected chi connectivity index (χ3v) is 4.74. The Morgan fingerprint density at radius 3 is 2.58 bits per heavy atom. The fourth-order valence-electron chi connectivity index (χ4n) is 2.95. The minimum atomic E-state index is -0.414. The van der Waals surface area contributed by atoms with Gasteiger partial charge in [0.15, 0.2) is 0 Å². The molecular weight excluding hydrogens is 242 g/mol. The van der Waals surface area contributed by atoms with Gasteiger partial charge >= 0.3 is 0 Å². The molecule has 0 bridgehead atoms. The Morgan fingerprint density at radius 2 is 2.11 bits per heavy atom. The molecule has 1 aromatic rings. The van der Waals surface area contributed by atoms with Gasteiger partial charge in [-0.3, -0.25) is 0 Å². The van der Waals surface area contributed by atoms with Crippen LogP contribution in [0.5, 0.6) is 0 Å². The van der Waals surface area contributed by atoms with Gasteiger partial charge in [-0.05, 0) is 32.2 Å². The number of methoxy groups -OCH3 is 1. The first-order valence-electron chi connectivity index (χ1n) is 7.27. The molecule has 1 unspecified atom stereocenters. The van der Waals surface area contributed by atoms with E-state index in [1.54, 1.807) is 7.11 Å². The highest BCUT2D eigenvalue weighted by Crippen LogP contribution is 2.36. The molecule has 2 heterocycles. The summed E-state index contributed by atoms with van der Waals surface area (Å²) in [5.74, 6) is 1.45. The molecule has 1 atom stereocenters. The van der Waals surface area contributed by atoms with E-state index in [1.165, 1.54) is 0 Å². The predicted octanol–water partition coefficient (Wildman–Crippen LogP) is 2.37. The van der Waals surface area contributed by atoms with E-state index in [9.17, 15) is 0 Å². The summed E-state index contributed by atoms with van der Waals surface area (Å²) in [4.78, 5) is 4.68. The van der Waals surface area contributed by atoms with Gasteiger partial charge < -0.3 is 14.6 Å². The number of hydrogen-bond donors (Lipinski definition) is 1. The molecule has 0 spiro atoms. The van der Waals surface area contributed by atoms with Gasteiger partial charge in [-0.1, -0.05) is 25.9 Å². The second-order valence-corrected chi connectivity index (χ2v) is 5.39. The Bertz CT molecular complexity index is 375. The molecule has 5 nitrogen and oxygen atoms in total. The van der Waals surface area contributed by atoms with Crippen molar-refractivity contribution in [3.63, 3.8) is 0 Å². The smallest absolute Gasteiger partial charge is 0.234 e. The highest BCUT2D eigenvalue weighted by atomic mass is 16.5. The van der Waals surface area contributed by atoms with E-state index in [-0.39, 0.29) is 5.41 Å². The van der Waals surface area contributed by atoms with Crippen molar-refractivity contribution < 1.29 is 9.26 Å². The average molecular weight is 267 g/mol. The van der Waals surface area contributed by atoms with Crippen molar-refractivity contribution in [2.75, 3.05) is 20.2 Å². The Balaban J connectivity index is 2.32. The number of aromatic nitrogens is 2. The van der Waals surface area contributed by atoms with Crippen LogP contribution in [-0.2, 0) is 15.8 Å². The van der Waals surface area contributed by atoms with Crippen LogP contribution in [0, 0.1) is 0 Å². The maximum Gasteiger partial charge on any atom is 0.234 e. The zero-order chi connectivity index (χ0) is 13.9. The van der Waals surface area contributed by atoms with Crippen LogP contribution in [0.1, 0.15) is 58.2 Å². The van der Waals surface area contributed by atoms with E-state index in [1.807, 2.05) is 0 Å². The predicted molar refractivity (Wildman–Crippen MR) is 73.0 cm³/mol. The molecule has 0 amide bonds. The minimum absolute atomic E-state index is 0.00616. The van der Waals surface area contributed by atoms with Gasteiger partial charge in [0.1, 0.15) is 5.60 Å². The van der Waals surface area contributed by atoms with Crippen LogP contribution in [0.2, 0.25) is 0 Å². The van der Waals surface area contributed by atoms with Gasteiger partial charge in [0.05, 0.1) is 5.41 Å². The lowest BCUT2D eigenvalue weighted by atomic mass is 9.84. The second-order valence-electron chi connectivity index (χ2n) is 5.39. The maximum atomic E-state index is 5.66. The lowest BCUT2D eigenvalue weighted by Gasteiger charge is -2.26. The van der Waals surface area contributed by atoms with Crippen LogP contribution < -0.4 is 5.32 Å². The SMILES string of the molecule is CCC1(c2nc(C(CC)(CC)OC)no2)CCNC1. The molecule has 19 heavy (non-hydrogen) atoms. The number of rotatable bonds is 6. The van der Waals surface area contributed by atoms with Gasteiger partial charge in [0, 0.05) is 13.7 Å². The van der Waals surface area contributed by atoms with E-state index < -0.39 is 5.60 Å². The third kappa shape index (κ3) is 2.30. The zero-order valence-corrected chi connectivity index (χ0v) is 12.5. The monoisotopic (exact) mass is 267 g/mol. The molecular formula is C14H25N3O2. The van der Waals surface area contributed by atoms with Crippen molar-refractivity contribution in [2.45, 2.75) is 57.5 Å². The number of nitrogens with zero attached hydrogens (tertiary/aromatic N) is 2. The molecule has 1 saturated heterocycles. The fourth-order valence-corrected chi connectivity index (χ4v) is 2.95. The van der Waals surface area contributed by atoms with Crippen LogP contribution in [0.3, 0.4) is 0 Å². The number of ether oxygens (including phenoxy) is 1. The molecule has 1 aliphatic rings. The van der Waals surface area contributed by atoms with E-state index in [4.69, 9.17) is 9.26 Å². The molecule has 0 aromatic carbocycles. The molecule has 1 fully saturated rings. The quantitative estimate of drug-likeness (QED) is 0.857. The zero-order valence-electron chi connectivity index (χ0n) is 12.5. The highest BCUT2D eigenvalue weighted by Gasteiger charge is 2.41. The van der Waals surface area contributed by atoms with E-state index in [0.29, 0.717) is 5.82 Å². The van der Waals surface area contributed by atoms with E-state index in [2.05, 4.69) is 36.2 Å². The molecule has 0 saturated carbocycles. The first-order valence-corrected chi connectivity index (χ1v) is 7.27. The first kappa shape index (κ1) is 14.5. The lowest BCUT2D eigenvalue weighted by Crippen LogP contribution is -2.30. The van der Waals surface area contributed by atoms with Gasteiger partial charge in [-0.15, -0.1) is 0 Å². The van der Waals surface area contributed by atoms with Gasteiger partial charge in [-0.25, -0.2) is 0 Å². The summed E-state index contributed by atoms with van der Waals surface area (Å²) < 4.78 is 11.2. The summed E-state index contributed by atoms with van der Waals surface area (Å²) in [5, 5.41) is 7.59. The average Bonchev–Trinajstić information content (AvgIpc) is 3.11. The minimum Gasteiger partial charge on any atom is -0.370 e. The summed E-state index contributed by atoms with van der Waals surface area (Å²) in [7, 11) is 1.72. The summed E-state index contributed by atoms with van der Waals surface area (Å²) in [5.41, 5.74) is -0.408. The van der Waals surface area contributed by atoms with Crippen LogP contribution in [0.4, 0.5) is 0 Å². The normalized spacial score (nSPS) is 24.0. The van der Waals surface area contributed by atoms with Gasteiger partial charge in [-0.2, -0.15) is 4.98 Å². The van der Waals surface area contributed by atoms with Crippen molar-refractivity contribution in [3.8, 4) is 0 Å².